The molecule has 2 bridgehead atoms. The van der Waals surface area contributed by atoms with Gasteiger partial charge in [-0.1, -0.05) is 11.6 Å². The summed E-state index contributed by atoms with van der Waals surface area (Å²) in [6.45, 7) is 4.41. The second-order valence-corrected chi connectivity index (χ2v) is 8.18. The van der Waals surface area contributed by atoms with Gasteiger partial charge < -0.3 is 20.0 Å². The average Bonchev–Trinajstić information content (AvgIpc) is 2.65. The molecule has 2 aliphatic heterocycles. The maximum absolute atomic E-state index is 10.8. The van der Waals surface area contributed by atoms with E-state index in [-0.39, 0.29) is 0 Å². The number of anilines is 1. The Morgan fingerprint density at radius 1 is 1.27 bits per heavy atom. The molecular weight excluding hydrogens is 352 g/mol. The molecule has 2 heterocycles. The highest BCUT2D eigenvalue weighted by molar-refractivity contribution is 6.34. The van der Waals surface area contributed by atoms with Crippen molar-refractivity contribution in [1.82, 2.24) is 4.48 Å². The summed E-state index contributed by atoms with van der Waals surface area (Å²) < 4.78 is 12.2. The Labute approximate surface area is 161 Å². The number of hydrogen-bond donors (Lipinski definition) is 1. The van der Waals surface area contributed by atoms with Gasteiger partial charge in [0.15, 0.2) is 11.4 Å². The molecule has 26 heavy (non-hydrogen) atoms. The number of rotatable bonds is 6. The fraction of sp³-hybridized carbons (Fsp3) is 0.650. The van der Waals surface area contributed by atoms with Crippen LogP contribution in [0.15, 0.2) is 6.07 Å². The first-order valence-corrected chi connectivity index (χ1v) is 9.87. The van der Waals surface area contributed by atoms with Crippen molar-refractivity contribution >= 4 is 29.3 Å². The average molecular weight is 382 g/mol. The number of halogens is 1. The van der Waals surface area contributed by atoms with Gasteiger partial charge in [0.25, 0.3) is 0 Å². The lowest BCUT2D eigenvalue weighted by molar-refractivity contribution is -0.108. The molecule has 2 N–H and O–H groups in total. The Morgan fingerprint density at radius 2 is 2.00 bits per heavy atom. The molecule has 1 aromatic carbocycles. The first kappa shape index (κ1) is 19.3. The Bertz CT molecular complexity index is 682. The van der Waals surface area contributed by atoms with Crippen molar-refractivity contribution in [2.24, 2.45) is 11.8 Å². The maximum Gasteiger partial charge on any atom is 0.225 e. The standard InChI is InChI=1S/C20H30ClN2O3/c1-13-6-7-15-12-23(13,9-8-14(15)5-4-10-24)17-11-16(21)18(22)20(26-3)19(17)25-2/h10-11,13-15H,4-9,12,22H2,1-3H3/q+1. The predicted molar refractivity (Wildman–Crippen MR) is 106 cm³/mol. The lowest BCUT2D eigenvalue weighted by Gasteiger charge is -2.54. The van der Waals surface area contributed by atoms with Crippen LogP contribution in [0.4, 0.5) is 11.4 Å². The summed E-state index contributed by atoms with van der Waals surface area (Å²) in [6, 6.07) is 2.46. The zero-order valence-corrected chi connectivity index (χ0v) is 16.7. The summed E-state index contributed by atoms with van der Waals surface area (Å²) in [5, 5.41) is 0.516. The van der Waals surface area contributed by atoms with Crippen LogP contribution in [-0.4, -0.2) is 39.6 Å². The number of quaternary nitrogens is 1. The van der Waals surface area contributed by atoms with Gasteiger partial charge in [0.05, 0.1) is 44.1 Å². The van der Waals surface area contributed by atoms with Gasteiger partial charge in [-0.25, -0.2) is 0 Å². The van der Waals surface area contributed by atoms with Crippen LogP contribution < -0.4 is 19.7 Å². The Morgan fingerprint density at radius 3 is 2.65 bits per heavy atom. The molecule has 5 nitrogen and oxygen atoms in total. The molecule has 2 fully saturated rings. The lowest BCUT2D eigenvalue weighted by Crippen LogP contribution is -2.65. The summed E-state index contributed by atoms with van der Waals surface area (Å²) in [5.41, 5.74) is 7.63. The molecule has 2 aliphatic rings. The molecule has 6 heteroatoms. The normalized spacial score (nSPS) is 30.7. The van der Waals surface area contributed by atoms with Gasteiger partial charge in [0.2, 0.25) is 5.75 Å². The van der Waals surface area contributed by atoms with Crippen molar-refractivity contribution in [3.8, 4) is 11.5 Å². The number of aldehydes is 1. The Kier molecular flexibility index (Phi) is 5.68. The highest BCUT2D eigenvalue weighted by atomic mass is 35.5. The summed E-state index contributed by atoms with van der Waals surface area (Å²) in [4.78, 5) is 10.8. The second kappa shape index (κ2) is 7.65. The van der Waals surface area contributed by atoms with E-state index >= 15 is 0 Å². The Hall–Kier alpha value is -1.46. The van der Waals surface area contributed by atoms with Crippen molar-refractivity contribution in [3.63, 3.8) is 0 Å². The molecule has 4 unspecified atom stereocenters. The number of carbonyl (C=O) groups excluding carboxylic acids is 1. The molecule has 0 aliphatic carbocycles. The van der Waals surface area contributed by atoms with E-state index in [1.807, 2.05) is 6.07 Å². The van der Waals surface area contributed by atoms with Crippen molar-refractivity contribution in [3.05, 3.63) is 11.1 Å². The number of ether oxygens (including phenoxy) is 2. The summed E-state index contributed by atoms with van der Waals surface area (Å²) in [6.07, 6.45) is 6.24. The number of carbonyl (C=O) groups is 1. The number of benzene rings is 1. The van der Waals surface area contributed by atoms with E-state index in [4.69, 9.17) is 26.8 Å². The van der Waals surface area contributed by atoms with E-state index in [0.29, 0.717) is 46.5 Å². The van der Waals surface area contributed by atoms with Crippen LogP contribution in [0, 0.1) is 11.8 Å². The number of piperidine rings is 2. The monoisotopic (exact) mass is 381 g/mol. The predicted octanol–water partition coefficient (Wildman–Crippen LogP) is 4.04. The van der Waals surface area contributed by atoms with Crippen molar-refractivity contribution < 1.29 is 14.3 Å². The molecule has 144 valence electrons. The molecule has 4 atom stereocenters. The van der Waals surface area contributed by atoms with E-state index in [1.165, 1.54) is 6.42 Å². The second-order valence-electron chi connectivity index (χ2n) is 7.78. The number of hydrogen-bond acceptors (Lipinski definition) is 4. The summed E-state index contributed by atoms with van der Waals surface area (Å²) >= 11 is 6.45. The molecule has 0 radical (unpaired) electrons. The van der Waals surface area contributed by atoms with Crippen molar-refractivity contribution in [2.75, 3.05) is 33.0 Å². The van der Waals surface area contributed by atoms with Gasteiger partial charge in [-0.2, -0.15) is 0 Å². The molecule has 0 saturated carbocycles. The number of methoxy groups -OCH3 is 2. The zero-order chi connectivity index (χ0) is 18.9. The fourth-order valence-electron chi connectivity index (χ4n) is 5.18. The van der Waals surface area contributed by atoms with E-state index in [0.717, 1.165) is 48.8 Å². The van der Waals surface area contributed by atoms with E-state index < -0.39 is 0 Å². The van der Waals surface area contributed by atoms with Crippen LogP contribution in [-0.2, 0) is 4.79 Å². The molecule has 0 spiro atoms. The van der Waals surface area contributed by atoms with Crippen molar-refractivity contribution in [2.45, 2.75) is 45.1 Å². The van der Waals surface area contributed by atoms with Crippen LogP contribution in [0.5, 0.6) is 11.5 Å². The van der Waals surface area contributed by atoms with Gasteiger partial charge in [0, 0.05) is 31.2 Å². The van der Waals surface area contributed by atoms with Gasteiger partial charge in [-0.15, -0.1) is 0 Å². The highest BCUT2D eigenvalue weighted by Gasteiger charge is 2.50. The molecule has 3 rings (SSSR count). The van der Waals surface area contributed by atoms with Crippen LogP contribution in [0.25, 0.3) is 0 Å². The molecular formula is C20H30ClN2O3+. The maximum atomic E-state index is 10.8. The molecule has 1 aromatic rings. The minimum atomic E-state index is 0.426. The molecule has 0 aromatic heterocycles. The first-order chi connectivity index (χ1) is 12.5. The SMILES string of the molecule is COc1c([N+]23CCC(CCC=O)C(CCC2C)C3)cc(Cl)c(N)c1OC. The minimum absolute atomic E-state index is 0.426. The van der Waals surface area contributed by atoms with Crippen LogP contribution in [0.1, 0.15) is 39.0 Å². The Balaban J connectivity index is 2.04. The van der Waals surface area contributed by atoms with Gasteiger partial charge >= 0.3 is 0 Å². The van der Waals surface area contributed by atoms with Crippen LogP contribution in [0.2, 0.25) is 5.02 Å². The topological polar surface area (TPSA) is 61.5 Å². The number of nitrogens with zero attached hydrogens (tertiary/aromatic N) is 1. The van der Waals surface area contributed by atoms with E-state index in [1.54, 1.807) is 14.2 Å². The number of nitrogen functional groups attached to an aromatic ring is 1. The third-order valence-corrected chi connectivity index (χ3v) is 6.99. The smallest absolute Gasteiger partial charge is 0.225 e. The molecule has 2 saturated heterocycles. The number of fused-ring (bicyclic) bond motifs is 2. The molecule has 0 amide bonds. The third-order valence-electron chi connectivity index (χ3n) is 6.67. The van der Waals surface area contributed by atoms with Crippen LogP contribution >= 0.6 is 11.6 Å². The van der Waals surface area contributed by atoms with Crippen LogP contribution in [0.3, 0.4) is 0 Å². The number of nitrogens with two attached hydrogens (primary N) is 1. The third kappa shape index (κ3) is 3.05. The highest BCUT2D eigenvalue weighted by Crippen LogP contribution is 2.53. The first-order valence-electron chi connectivity index (χ1n) is 9.49. The van der Waals surface area contributed by atoms with Crippen molar-refractivity contribution in [1.29, 1.82) is 0 Å². The fourth-order valence-corrected chi connectivity index (χ4v) is 5.37. The lowest BCUT2D eigenvalue weighted by atomic mass is 9.74. The summed E-state index contributed by atoms with van der Waals surface area (Å²) in [7, 11) is 3.26. The minimum Gasteiger partial charge on any atom is -0.491 e. The quantitative estimate of drug-likeness (QED) is 0.459. The largest absolute Gasteiger partial charge is 0.491 e. The van der Waals surface area contributed by atoms with Gasteiger partial charge in [0.1, 0.15) is 6.29 Å². The van der Waals surface area contributed by atoms with Gasteiger partial charge in [-0.3, -0.25) is 4.48 Å². The van der Waals surface area contributed by atoms with Gasteiger partial charge in [-0.05, 0) is 25.7 Å². The summed E-state index contributed by atoms with van der Waals surface area (Å²) in [5.74, 6) is 2.50. The van der Waals surface area contributed by atoms with E-state index in [2.05, 4.69) is 6.92 Å². The zero-order valence-electron chi connectivity index (χ0n) is 16.0. The van der Waals surface area contributed by atoms with E-state index in [9.17, 15) is 4.79 Å².